The van der Waals surface area contributed by atoms with Gasteiger partial charge in [-0.15, -0.1) is 0 Å². The van der Waals surface area contributed by atoms with Gasteiger partial charge >= 0.3 is 5.97 Å². The van der Waals surface area contributed by atoms with Gasteiger partial charge < -0.3 is 18.5 Å². The molecule has 134 valence electrons. The minimum atomic E-state index is -0.591. The van der Waals surface area contributed by atoms with E-state index in [1.54, 1.807) is 19.2 Å². The normalized spacial score (nSPS) is 12.5. The number of carbonyl (C=O) groups excluding carboxylic acids is 2. The van der Waals surface area contributed by atoms with Gasteiger partial charge in [-0.2, -0.15) is 0 Å². The first-order valence-electron chi connectivity index (χ1n) is 8.03. The quantitative estimate of drug-likeness (QED) is 0.417. The molecule has 2 aromatic rings. The van der Waals surface area contributed by atoms with Crippen LogP contribution in [0.3, 0.4) is 0 Å². The Bertz CT molecular complexity index is 755. The van der Waals surface area contributed by atoms with Crippen LogP contribution in [0.15, 0.2) is 35.0 Å². The molecule has 2 heterocycles. The zero-order valence-corrected chi connectivity index (χ0v) is 14.9. The number of Topliss-reactive ketones (excluding diaryl/α,β-unsaturated/α-hetero) is 1. The summed E-state index contributed by atoms with van der Waals surface area (Å²) in [5, 5.41) is 0. The van der Waals surface area contributed by atoms with E-state index in [1.165, 1.54) is 18.4 Å². The van der Waals surface area contributed by atoms with Gasteiger partial charge in [-0.25, -0.2) is 4.79 Å². The molecule has 0 bridgehead atoms. The maximum atomic E-state index is 12.4. The molecule has 1 unspecified atom stereocenters. The van der Waals surface area contributed by atoms with E-state index in [0.29, 0.717) is 17.9 Å². The minimum absolute atomic E-state index is 0.116. The lowest BCUT2D eigenvalue weighted by Crippen LogP contribution is -2.16. The van der Waals surface area contributed by atoms with Crippen LogP contribution >= 0.6 is 0 Å². The van der Waals surface area contributed by atoms with Crippen molar-refractivity contribution >= 4 is 17.8 Å². The number of ketones is 1. The Labute approximate surface area is 147 Å². The van der Waals surface area contributed by atoms with Crippen LogP contribution in [0, 0.1) is 13.8 Å². The zero-order valence-electron chi connectivity index (χ0n) is 14.9. The summed E-state index contributed by atoms with van der Waals surface area (Å²) in [5.41, 5.74) is 2.37. The fourth-order valence-corrected chi connectivity index (χ4v) is 2.85. The molecule has 0 amide bonds. The van der Waals surface area contributed by atoms with Gasteiger partial charge in [-0.05, 0) is 45.0 Å². The average molecular weight is 345 g/mol. The fourth-order valence-electron chi connectivity index (χ4n) is 2.85. The highest BCUT2D eigenvalue weighted by Gasteiger charge is 2.19. The van der Waals surface area contributed by atoms with E-state index in [-0.39, 0.29) is 18.4 Å². The molecule has 0 N–H and O–H groups in total. The molecular formula is C19H23NO5. The first-order valence-corrected chi connectivity index (χ1v) is 8.03. The van der Waals surface area contributed by atoms with E-state index >= 15 is 0 Å². The van der Waals surface area contributed by atoms with Crippen LogP contribution in [0.2, 0.25) is 0 Å². The van der Waals surface area contributed by atoms with Crippen LogP contribution in [0.25, 0.3) is 6.08 Å². The number of ether oxygens (including phenoxy) is 2. The van der Waals surface area contributed by atoms with Crippen molar-refractivity contribution in [3.05, 3.63) is 53.2 Å². The van der Waals surface area contributed by atoms with Gasteiger partial charge in [0.1, 0.15) is 5.76 Å². The molecule has 0 aliphatic carbocycles. The number of nitrogens with zero attached hydrogens (tertiary/aromatic N) is 1. The largest absolute Gasteiger partial charge is 0.465 e. The highest BCUT2D eigenvalue weighted by molar-refractivity contribution is 6.00. The number of hydrogen-bond acceptors (Lipinski definition) is 5. The Kier molecular flexibility index (Phi) is 6.36. The Hall–Kier alpha value is -2.60. The number of furan rings is 1. The lowest BCUT2D eigenvalue weighted by Gasteiger charge is -2.17. The van der Waals surface area contributed by atoms with E-state index in [1.807, 2.05) is 26.8 Å². The Balaban J connectivity index is 1.99. The Morgan fingerprint density at radius 1 is 1.36 bits per heavy atom. The molecule has 0 aliphatic rings. The van der Waals surface area contributed by atoms with Crippen molar-refractivity contribution in [2.24, 2.45) is 0 Å². The summed E-state index contributed by atoms with van der Waals surface area (Å²) in [5.74, 6) is -0.283. The molecule has 0 saturated heterocycles. The van der Waals surface area contributed by atoms with Crippen molar-refractivity contribution in [1.29, 1.82) is 0 Å². The predicted octanol–water partition coefficient (Wildman–Crippen LogP) is 3.34. The van der Waals surface area contributed by atoms with E-state index in [0.717, 1.165) is 11.4 Å². The van der Waals surface area contributed by atoms with Crippen molar-refractivity contribution < 1.29 is 23.5 Å². The number of esters is 1. The second-order valence-electron chi connectivity index (χ2n) is 5.84. The summed E-state index contributed by atoms with van der Waals surface area (Å²) in [6.45, 7) is 6.09. The Morgan fingerprint density at radius 3 is 2.76 bits per heavy atom. The number of carbonyl (C=O) groups is 2. The molecule has 6 nitrogen and oxygen atoms in total. The van der Waals surface area contributed by atoms with E-state index in [4.69, 9.17) is 13.9 Å². The molecular weight excluding hydrogens is 322 g/mol. The topological polar surface area (TPSA) is 70.7 Å². The standard InChI is InChI=1S/C19H23NO5/c1-13-10-17(15(3)20(13)14(2)11-23-4)18(21)12-25-19(22)8-7-16-6-5-9-24-16/h5-10,14H,11-12H2,1-4H3. The maximum absolute atomic E-state index is 12.4. The highest BCUT2D eigenvalue weighted by atomic mass is 16.5. The zero-order chi connectivity index (χ0) is 18.4. The van der Waals surface area contributed by atoms with Crippen LogP contribution in [-0.2, 0) is 14.3 Å². The van der Waals surface area contributed by atoms with Gasteiger partial charge in [0.25, 0.3) is 0 Å². The maximum Gasteiger partial charge on any atom is 0.331 e. The SMILES string of the molecule is COCC(C)n1c(C)cc(C(=O)COC(=O)C=Cc2ccco2)c1C. The van der Waals surface area contributed by atoms with Crippen LogP contribution < -0.4 is 0 Å². The summed E-state index contributed by atoms with van der Waals surface area (Å²) in [7, 11) is 1.65. The second kappa shape index (κ2) is 8.48. The third-order valence-electron chi connectivity index (χ3n) is 3.91. The van der Waals surface area contributed by atoms with Crippen molar-refractivity contribution in [3.8, 4) is 0 Å². The van der Waals surface area contributed by atoms with Gasteiger partial charge in [0.2, 0.25) is 5.78 Å². The smallest absolute Gasteiger partial charge is 0.331 e. The van der Waals surface area contributed by atoms with Crippen LogP contribution in [0.4, 0.5) is 0 Å². The summed E-state index contributed by atoms with van der Waals surface area (Å²) < 4.78 is 17.3. The van der Waals surface area contributed by atoms with Crippen molar-refractivity contribution in [2.45, 2.75) is 26.8 Å². The highest BCUT2D eigenvalue weighted by Crippen LogP contribution is 2.21. The van der Waals surface area contributed by atoms with Gasteiger partial charge in [-0.1, -0.05) is 0 Å². The van der Waals surface area contributed by atoms with E-state index in [2.05, 4.69) is 4.57 Å². The molecule has 2 rings (SSSR count). The summed E-state index contributed by atoms with van der Waals surface area (Å²) in [4.78, 5) is 24.1. The molecule has 25 heavy (non-hydrogen) atoms. The molecule has 0 spiro atoms. The van der Waals surface area contributed by atoms with Crippen LogP contribution in [0.1, 0.15) is 40.5 Å². The third kappa shape index (κ3) is 4.70. The third-order valence-corrected chi connectivity index (χ3v) is 3.91. The predicted molar refractivity (Wildman–Crippen MR) is 93.5 cm³/mol. The van der Waals surface area contributed by atoms with Crippen molar-refractivity contribution in [2.75, 3.05) is 20.3 Å². The van der Waals surface area contributed by atoms with Crippen molar-refractivity contribution in [1.82, 2.24) is 4.57 Å². The molecule has 0 fully saturated rings. The number of methoxy groups -OCH3 is 1. The first-order chi connectivity index (χ1) is 11.9. The summed E-state index contributed by atoms with van der Waals surface area (Å²) >= 11 is 0. The lowest BCUT2D eigenvalue weighted by molar-refractivity contribution is -0.136. The molecule has 0 saturated carbocycles. The second-order valence-corrected chi connectivity index (χ2v) is 5.84. The molecule has 0 aliphatic heterocycles. The van der Waals surface area contributed by atoms with Crippen LogP contribution in [0.5, 0.6) is 0 Å². The van der Waals surface area contributed by atoms with Gasteiger partial charge in [0.15, 0.2) is 6.61 Å². The molecule has 1 atom stereocenters. The van der Waals surface area contributed by atoms with Gasteiger partial charge in [0, 0.05) is 30.1 Å². The summed E-state index contributed by atoms with van der Waals surface area (Å²) in [6, 6.07) is 5.36. The molecule has 0 radical (unpaired) electrons. The van der Waals surface area contributed by atoms with E-state index in [9.17, 15) is 9.59 Å². The number of aryl methyl sites for hydroxylation is 1. The van der Waals surface area contributed by atoms with E-state index < -0.39 is 5.97 Å². The number of aromatic nitrogens is 1. The number of hydrogen-bond donors (Lipinski definition) is 0. The monoisotopic (exact) mass is 345 g/mol. The average Bonchev–Trinajstić information content (AvgIpc) is 3.18. The number of rotatable bonds is 8. The Morgan fingerprint density at radius 2 is 2.12 bits per heavy atom. The fraction of sp³-hybridized carbons (Fsp3) is 0.368. The molecule has 6 heteroatoms. The van der Waals surface area contributed by atoms with Gasteiger partial charge in [-0.3, -0.25) is 4.79 Å². The molecule has 2 aromatic heterocycles. The lowest BCUT2D eigenvalue weighted by atomic mass is 10.1. The minimum Gasteiger partial charge on any atom is -0.465 e. The van der Waals surface area contributed by atoms with Gasteiger partial charge in [0.05, 0.1) is 18.9 Å². The summed E-state index contributed by atoms with van der Waals surface area (Å²) in [6.07, 6.45) is 4.23. The first kappa shape index (κ1) is 18.7. The van der Waals surface area contributed by atoms with Crippen LogP contribution in [-0.4, -0.2) is 36.6 Å². The van der Waals surface area contributed by atoms with Crippen molar-refractivity contribution in [3.63, 3.8) is 0 Å². The molecule has 0 aromatic carbocycles.